The van der Waals surface area contributed by atoms with E-state index in [2.05, 4.69) is 4.98 Å². The highest BCUT2D eigenvalue weighted by atomic mass is 32.1. The highest BCUT2D eigenvalue weighted by Crippen LogP contribution is 2.20. The van der Waals surface area contributed by atoms with Crippen molar-refractivity contribution in [3.8, 4) is 0 Å². The minimum absolute atomic E-state index is 0.245. The summed E-state index contributed by atoms with van der Waals surface area (Å²) < 4.78 is 12.7. The fourth-order valence-corrected chi connectivity index (χ4v) is 2.40. The first-order valence-corrected chi connectivity index (χ1v) is 6.62. The quantitative estimate of drug-likeness (QED) is 0.873. The zero-order valence-electron chi connectivity index (χ0n) is 9.79. The summed E-state index contributed by atoms with van der Waals surface area (Å²) in [5.41, 5.74) is 6.94. The van der Waals surface area contributed by atoms with Crippen molar-refractivity contribution in [3.05, 3.63) is 52.2 Å². The fraction of sp³-hybridized carbons (Fsp3) is 0.308. The van der Waals surface area contributed by atoms with Crippen LogP contribution < -0.4 is 5.73 Å². The molecule has 0 aliphatic heterocycles. The van der Waals surface area contributed by atoms with Gasteiger partial charge >= 0.3 is 0 Å². The molecular formula is C13H15FN2OS. The average molecular weight is 266 g/mol. The van der Waals surface area contributed by atoms with E-state index in [-0.39, 0.29) is 11.9 Å². The first kappa shape index (κ1) is 13.1. The largest absolute Gasteiger partial charge is 0.384 e. The predicted molar refractivity (Wildman–Crippen MR) is 69.8 cm³/mol. The number of halogens is 1. The van der Waals surface area contributed by atoms with Crippen LogP contribution in [0.15, 0.2) is 35.8 Å². The number of hydrogen-bond donors (Lipinski definition) is 2. The average Bonchev–Trinajstić information content (AvgIpc) is 2.90. The van der Waals surface area contributed by atoms with Crippen LogP contribution in [0.3, 0.4) is 0 Å². The van der Waals surface area contributed by atoms with Gasteiger partial charge in [0.25, 0.3) is 0 Å². The van der Waals surface area contributed by atoms with E-state index in [1.54, 1.807) is 18.3 Å². The van der Waals surface area contributed by atoms with Crippen molar-refractivity contribution in [2.75, 3.05) is 0 Å². The maximum atomic E-state index is 12.7. The van der Waals surface area contributed by atoms with Crippen LogP contribution in [0.2, 0.25) is 0 Å². The molecule has 0 aliphatic carbocycles. The first-order chi connectivity index (χ1) is 8.66. The molecule has 1 aromatic heterocycles. The highest BCUT2D eigenvalue weighted by molar-refractivity contribution is 7.09. The second-order valence-corrected chi connectivity index (χ2v) is 5.07. The summed E-state index contributed by atoms with van der Waals surface area (Å²) in [7, 11) is 0. The Hall–Kier alpha value is -1.30. The van der Waals surface area contributed by atoms with Gasteiger partial charge in [0.2, 0.25) is 0 Å². The van der Waals surface area contributed by atoms with E-state index in [1.807, 2.05) is 5.38 Å². The second-order valence-electron chi connectivity index (χ2n) is 4.14. The van der Waals surface area contributed by atoms with E-state index < -0.39 is 6.10 Å². The zero-order chi connectivity index (χ0) is 13.0. The van der Waals surface area contributed by atoms with Gasteiger partial charge in [-0.05, 0) is 30.5 Å². The molecule has 1 heterocycles. The Balaban J connectivity index is 1.88. The molecule has 0 aliphatic rings. The SMILES string of the molecule is N[C@@H](CCc1ccc(F)cc1)C(O)c1nccs1. The van der Waals surface area contributed by atoms with Gasteiger partial charge in [0, 0.05) is 17.6 Å². The smallest absolute Gasteiger partial charge is 0.123 e. The van der Waals surface area contributed by atoms with Gasteiger partial charge in [-0.1, -0.05) is 12.1 Å². The van der Waals surface area contributed by atoms with E-state index >= 15 is 0 Å². The Bertz CT molecular complexity index is 472. The number of benzene rings is 1. The molecule has 2 aromatic rings. The number of aliphatic hydroxyl groups is 1. The van der Waals surface area contributed by atoms with E-state index in [4.69, 9.17) is 5.73 Å². The molecule has 0 saturated carbocycles. The summed E-state index contributed by atoms with van der Waals surface area (Å²) >= 11 is 1.39. The summed E-state index contributed by atoms with van der Waals surface area (Å²) in [4.78, 5) is 4.04. The standard InChI is InChI=1S/C13H15FN2OS/c14-10-4-1-9(2-5-10)3-6-11(15)12(17)13-16-7-8-18-13/h1-2,4-5,7-8,11-12,17H,3,6,15H2/t11-,12?/m0/s1. The molecule has 3 nitrogen and oxygen atoms in total. The predicted octanol–water partition coefficient (Wildman–Crippen LogP) is 2.28. The van der Waals surface area contributed by atoms with Crippen LogP contribution in [-0.4, -0.2) is 16.1 Å². The maximum Gasteiger partial charge on any atom is 0.123 e. The fourth-order valence-electron chi connectivity index (χ4n) is 1.71. The molecule has 2 rings (SSSR count). The number of rotatable bonds is 5. The van der Waals surface area contributed by atoms with Gasteiger partial charge in [-0.15, -0.1) is 11.3 Å². The molecule has 0 fully saturated rings. The van der Waals surface area contributed by atoms with Crippen LogP contribution in [0.4, 0.5) is 4.39 Å². The monoisotopic (exact) mass is 266 g/mol. The third-order valence-electron chi connectivity index (χ3n) is 2.79. The number of aromatic nitrogens is 1. The lowest BCUT2D eigenvalue weighted by molar-refractivity contribution is 0.142. The van der Waals surface area contributed by atoms with Crippen molar-refractivity contribution in [2.45, 2.75) is 25.0 Å². The lowest BCUT2D eigenvalue weighted by Crippen LogP contribution is -2.28. The topological polar surface area (TPSA) is 59.1 Å². The normalized spacial score (nSPS) is 14.4. The first-order valence-electron chi connectivity index (χ1n) is 5.74. The van der Waals surface area contributed by atoms with E-state index in [9.17, 15) is 9.50 Å². The van der Waals surface area contributed by atoms with Gasteiger partial charge in [-0.3, -0.25) is 0 Å². The van der Waals surface area contributed by atoms with Crippen LogP contribution in [0.5, 0.6) is 0 Å². The van der Waals surface area contributed by atoms with Crippen molar-refractivity contribution in [2.24, 2.45) is 5.73 Å². The van der Waals surface area contributed by atoms with Crippen LogP contribution >= 0.6 is 11.3 Å². The van der Waals surface area contributed by atoms with Gasteiger partial charge in [0.1, 0.15) is 16.9 Å². The summed E-state index contributed by atoms with van der Waals surface area (Å²) in [5, 5.41) is 12.4. The molecule has 0 radical (unpaired) electrons. The van der Waals surface area contributed by atoms with E-state index in [1.165, 1.54) is 23.5 Å². The lowest BCUT2D eigenvalue weighted by Gasteiger charge is -2.16. The number of hydrogen-bond acceptors (Lipinski definition) is 4. The van der Waals surface area contributed by atoms with Crippen LogP contribution in [0, 0.1) is 5.82 Å². The highest BCUT2D eigenvalue weighted by Gasteiger charge is 2.18. The van der Waals surface area contributed by atoms with Crippen molar-refractivity contribution in [3.63, 3.8) is 0 Å². The van der Waals surface area contributed by atoms with Crippen molar-refractivity contribution in [1.29, 1.82) is 0 Å². The molecule has 0 saturated heterocycles. The number of nitrogens with two attached hydrogens (primary N) is 1. The van der Waals surface area contributed by atoms with Crippen LogP contribution in [-0.2, 0) is 6.42 Å². The summed E-state index contributed by atoms with van der Waals surface area (Å²) in [6.45, 7) is 0. The Labute approximate surface area is 109 Å². The Morgan fingerprint density at radius 3 is 2.67 bits per heavy atom. The molecule has 2 atom stereocenters. The lowest BCUT2D eigenvalue weighted by atomic mass is 10.0. The molecule has 18 heavy (non-hydrogen) atoms. The van der Waals surface area contributed by atoms with E-state index in [0.29, 0.717) is 17.8 Å². The maximum absolute atomic E-state index is 12.7. The third-order valence-corrected chi connectivity index (χ3v) is 3.64. The Morgan fingerprint density at radius 2 is 2.06 bits per heavy atom. The molecule has 0 bridgehead atoms. The van der Waals surface area contributed by atoms with Crippen molar-refractivity contribution < 1.29 is 9.50 Å². The molecule has 0 amide bonds. The molecule has 0 spiro atoms. The number of thiazole rings is 1. The van der Waals surface area contributed by atoms with Crippen molar-refractivity contribution in [1.82, 2.24) is 4.98 Å². The molecule has 3 N–H and O–H groups in total. The minimum Gasteiger partial charge on any atom is -0.384 e. The molecular weight excluding hydrogens is 251 g/mol. The molecule has 1 unspecified atom stereocenters. The summed E-state index contributed by atoms with van der Waals surface area (Å²) in [5.74, 6) is -0.245. The van der Waals surface area contributed by atoms with Crippen LogP contribution in [0.25, 0.3) is 0 Å². The Kier molecular flexibility index (Phi) is 4.41. The van der Waals surface area contributed by atoms with Gasteiger partial charge in [0.15, 0.2) is 0 Å². The van der Waals surface area contributed by atoms with Gasteiger partial charge < -0.3 is 10.8 Å². The van der Waals surface area contributed by atoms with Gasteiger partial charge in [0.05, 0.1) is 0 Å². The van der Waals surface area contributed by atoms with E-state index in [0.717, 1.165) is 5.56 Å². The molecule has 96 valence electrons. The summed E-state index contributed by atoms with van der Waals surface area (Å²) in [6, 6.07) is 5.97. The Morgan fingerprint density at radius 1 is 1.33 bits per heavy atom. The zero-order valence-corrected chi connectivity index (χ0v) is 10.6. The molecule has 1 aromatic carbocycles. The number of aliphatic hydroxyl groups excluding tert-OH is 1. The molecule has 5 heteroatoms. The van der Waals surface area contributed by atoms with Gasteiger partial charge in [-0.2, -0.15) is 0 Å². The third kappa shape index (κ3) is 3.35. The summed E-state index contributed by atoms with van der Waals surface area (Å²) in [6.07, 6.45) is 2.26. The minimum atomic E-state index is -0.731. The number of aryl methyl sites for hydroxylation is 1. The second kappa shape index (κ2) is 6.04. The van der Waals surface area contributed by atoms with Crippen molar-refractivity contribution >= 4 is 11.3 Å². The number of nitrogens with zero attached hydrogens (tertiary/aromatic N) is 1. The van der Waals surface area contributed by atoms with Crippen LogP contribution in [0.1, 0.15) is 23.1 Å². The van der Waals surface area contributed by atoms with Gasteiger partial charge in [-0.25, -0.2) is 9.37 Å².